The third-order valence-electron chi connectivity index (χ3n) is 3.02. The van der Waals surface area contributed by atoms with Gasteiger partial charge in [-0.3, -0.25) is 9.89 Å². The van der Waals surface area contributed by atoms with Crippen LogP contribution < -0.4 is 11.1 Å². The number of benzene rings is 1. The molecule has 1 unspecified atom stereocenters. The number of rotatable bonds is 6. The fraction of sp³-hybridized carbons (Fsp3) is 0.357. The second-order valence-corrected chi connectivity index (χ2v) is 6.14. The third-order valence-corrected chi connectivity index (χ3v) is 3.92. The van der Waals surface area contributed by atoms with Crippen LogP contribution in [0.5, 0.6) is 0 Å². The summed E-state index contributed by atoms with van der Waals surface area (Å²) in [4.78, 5) is 16.9. The van der Waals surface area contributed by atoms with Gasteiger partial charge in [0.25, 0.3) is 0 Å². The molecule has 2 rings (SSSR count). The molecule has 0 bridgehead atoms. The largest absolute Gasteiger partial charge is 0.327 e. The number of nitrogens with one attached hydrogen (secondary N) is 2. The first-order valence-corrected chi connectivity index (χ1v) is 7.55. The molecule has 1 aromatic carbocycles. The van der Waals surface area contributed by atoms with Gasteiger partial charge in [-0.15, -0.1) is 0 Å². The molecule has 2 aromatic rings. The molecule has 0 saturated carbocycles. The minimum atomic E-state index is -0.119. The van der Waals surface area contributed by atoms with Crippen LogP contribution in [0.15, 0.2) is 40.6 Å². The summed E-state index contributed by atoms with van der Waals surface area (Å²) in [6.45, 7) is 4.01. The molecule has 0 spiro atoms. The van der Waals surface area contributed by atoms with Crippen molar-refractivity contribution in [2.24, 2.45) is 11.7 Å². The molecule has 4 N–H and O–H groups in total. The smallest absolute Gasteiger partial charge is 0.225 e. The molecular formula is C14H19N5OS. The maximum Gasteiger partial charge on any atom is 0.225 e. The lowest BCUT2D eigenvalue weighted by Gasteiger charge is -2.15. The fourth-order valence-electron chi connectivity index (χ4n) is 1.62. The van der Waals surface area contributed by atoms with Crippen molar-refractivity contribution in [1.82, 2.24) is 15.2 Å². The maximum absolute atomic E-state index is 11.8. The van der Waals surface area contributed by atoms with Crippen LogP contribution >= 0.6 is 11.8 Å². The number of carbonyl (C=O) groups is 1. The molecule has 6 nitrogen and oxygen atoms in total. The highest BCUT2D eigenvalue weighted by Gasteiger charge is 2.13. The van der Waals surface area contributed by atoms with Crippen molar-refractivity contribution in [2.75, 3.05) is 5.32 Å². The highest BCUT2D eigenvalue weighted by molar-refractivity contribution is 7.99. The monoisotopic (exact) mass is 305 g/mol. The van der Waals surface area contributed by atoms with E-state index in [1.54, 1.807) is 0 Å². The summed E-state index contributed by atoms with van der Waals surface area (Å²) in [7, 11) is 0. The normalized spacial score (nSPS) is 12.4. The van der Waals surface area contributed by atoms with Crippen LogP contribution in [0.1, 0.15) is 20.3 Å². The predicted octanol–water partition coefficient (Wildman–Crippen LogP) is 2.27. The maximum atomic E-state index is 11.8. The van der Waals surface area contributed by atoms with E-state index in [2.05, 4.69) is 20.5 Å². The van der Waals surface area contributed by atoms with Crippen LogP contribution in [-0.2, 0) is 4.79 Å². The second-order valence-electron chi connectivity index (χ2n) is 5.08. The van der Waals surface area contributed by atoms with E-state index in [0.29, 0.717) is 6.42 Å². The summed E-state index contributed by atoms with van der Waals surface area (Å²) in [5.41, 5.74) is 6.65. The molecule has 112 valence electrons. The Morgan fingerprint density at radius 2 is 2.10 bits per heavy atom. The summed E-state index contributed by atoms with van der Waals surface area (Å²) in [5.74, 6) is 0.225. The average Bonchev–Trinajstić information content (AvgIpc) is 2.93. The van der Waals surface area contributed by atoms with Gasteiger partial charge in [0.1, 0.15) is 6.33 Å². The first-order chi connectivity index (χ1) is 10.0. The first kappa shape index (κ1) is 15.5. The summed E-state index contributed by atoms with van der Waals surface area (Å²) in [6.07, 6.45) is 1.79. The topological polar surface area (TPSA) is 96.7 Å². The first-order valence-electron chi connectivity index (χ1n) is 6.73. The van der Waals surface area contributed by atoms with Gasteiger partial charge < -0.3 is 11.1 Å². The Morgan fingerprint density at radius 3 is 2.67 bits per heavy atom. The zero-order valence-electron chi connectivity index (χ0n) is 12.0. The van der Waals surface area contributed by atoms with E-state index in [1.807, 2.05) is 38.1 Å². The quantitative estimate of drug-likeness (QED) is 0.760. The number of carbonyl (C=O) groups excluding carboxylic acids is 1. The van der Waals surface area contributed by atoms with Gasteiger partial charge in [-0.2, -0.15) is 5.10 Å². The Kier molecular flexibility index (Phi) is 5.35. The van der Waals surface area contributed by atoms with Crippen LogP contribution in [0.25, 0.3) is 0 Å². The standard InChI is InChI=1S/C14H19N5OS/c1-9(2)12(15)7-13(20)18-10-3-5-11(6-4-10)21-14-16-8-17-19-14/h3-6,8-9,12H,7,15H2,1-2H3,(H,18,20)(H,16,17,19). The van der Waals surface area contributed by atoms with Gasteiger partial charge in [0.05, 0.1) is 0 Å². The molecule has 0 aliphatic heterocycles. The summed E-state index contributed by atoms with van der Waals surface area (Å²) in [5, 5.41) is 10.2. The minimum absolute atomic E-state index is 0.0631. The van der Waals surface area contributed by atoms with Gasteiger partial charge in [-0.25, -0.2) is 4.98 Å². The van der Waals surface area contributed by atoms with Crippen molar-refractivity contribution in [3.05, 3.63) is 30.6 Å². The van der Waals surface area contributed by atoms with E-state index in [-0.39, 0.29) is 17.9 Å². The van der Waals surface area contributed by atoms with Crippen LogP contribution in [0.3, 0.4) is 0 Å². The van der Waals surface area contributed by atoms with E-state index in [4.69, 9.17) is 5.73 Å². The van der Waals surface area contributed by atoms with Gasteiger partial charge in [0.15, 0.2) is 5.16 Å². The second kappa shape index (κ2) is 7.24. The van der Waals surface area contributed by atoms with E-state index in [1.165, 1.54) is 18.1 Å². The lowest BCUT2D eigenvalue weighted by Crippen LogP contribution is -2.31. The number of nitrogens with zero attached hydrogens (tertiary/aromatic N) is 2. The Morgan fingerprint density at radius 1 is 1.38 bits per heavy atom. The lowest BCUT2D eigenvalue weighted by molar-refractivity contribution is -0.116. The molecule has 1 heterocycles. The van der Waals surface area contributed by atoms with Gasteiger partial charge in [0, 0.05) is 23.0 Å². The van der Waals surface area contributed by atoms with Crippen molar-refractivity contribution in [1.29, 1.82) is 0 Å². The molecule has 21 heavy (non-hydrogen) atoms. The Bertz CT molecular complexity index is 568. The van der Waals surface area contributed by atoms with Crippen molar-refractivity contribution in [2.45, 2.75) is 36.4 Å². The highest BCUT2D eigenvalue weighted by Crippen LogP contribution is 2.25. The van der Waals surface area contributed by atoms with Gasteiger partial charge in [-0.05, 0) is 30.2 Å². The molecule has 0 aliphatic rings. The van der Waals surface area contributed by atoms with Crippen LogP contribution in [0.4, 0.5) is 5.69 Å². The van der Waals surface area contributed by atoms with Gasteiger partial charge in [0.2, 0.25) is 5.91 Å². The van der Waals surface area contributed by atoms with E-state index in [0.717, 1.165) is 15.7 Å². The van der Waals surface area contributed by atoms with Crippen molar-refractivity contribution >= 4 is 23.4 Å². The number of H-pyrrole nitrogens is 1. The van der Waals surface area contributed by atoms with Crippen molar-refractivity contribution in [3.63, 3.8) is 0 Å². The highest BCUT2D eigenvalue weighted by atomic mass is 32.2. The van der Waals surface area contributed by atoms with E-state index in [9.17, 15) is 4.79 Å². The molecule has 0 saturated heterocycles. The number of hydrogen-bond donors (Lipinski definition) is 3. The minimum Gasteiger partial charge on any atom is -0.327 e. The number of amides is 1. The summed E-state index contributed by atoms with van der Waals surface area (Å²) in [6, 6.07) is 7.44. The zero-order valence-corrected chi connectivity index (χ0v) is 12.9. The SMILES string of the molecule is CC(C)C(N)CC(=O)Nc1ccc(Sc2ncn[nH]2)cc1. The fourth-order valence-corrected chi connectivity index (χ4v) is 2.32. The summed E-state index contributed by atoms with van der Waals surface area (Å²) < 4.78 is 0. The number of anilines is 1. The van der Waals surface area contributed by atoms with Gasteiger partial charge in [-0.1, -0.05) is 25.6 Å². The molecule has 1 amide bonds. The Hall–Kier alpha value is -1.86. The zero-order chi connectivity index (χ0) is 15.2. The number of aromatic amines is 1. The molecule has 1 aromatic heterocycles. The average molecular weight is 305 g/mol. The van der Waals surface area contributed by atoms with E-state index < -0.39 is 0 Å². The number of nitrogens with two attached hydrogens (primary N) is 1. The molecule has 1 atom stereocenters. The third kappa shape index (κ3) is 4.87. The van der Waals surface area contributed by atoms with Crippen LogP contribution in [-0.4, -0.2) is 27.1 Å². The molecule has 0 radical (unpaired) electrons. The molecule has 0 aliphatic carbocycles. The van der Waals surface area contributed by atoms with E-state index >= 15 is 0 Å². The number of aromatic nitrogens is 3. The number of hydrogen-bond acceptors (Lipinski definition) is 5. The lowest BCUT2D eigenvalue weighted by atomic mass is 10.0. The molecule has 0 fully saturated rings. The Labute approximate surface area is 127 Å². The van der Waals surface area contributed by atoms with Gasteiger partial charge >= 0.3 is 0 Å². The molecule has 7 heteroatoms. The van der Waals surface area contributed by atoms with Crippen molar-refractivity contribution < 1.29 is 4.79 Å². The van der Waals surface area contributed by atoms with Crippen LogP contribution in [0.2, 0.25) is 0 Å². The Balaban J connectivity index is 1.88. The van der Waals surface area contributed by atoms with Crippen molar-refractivity contribution in [3.8, 4) is 0 Å². The molecular weight excluding hydrogens is 286 g/mol. The predicted molar refractivity (Wildman–Crippen MR) is 83.0 cm³/mol. The van der Waals surface area contributed by atoms with Crippen LogP contribution in [0, 0.1) is 5.92 Å². The summed E-state index contributed by atoms with van der Waals surface area (Å²) >= 11 is 1.47.